The largest absolute Gasteiger partial charge is 0.357 e. The molecule has 0 saturated heterocycles. The third-order valence-corrected chi connectivity index (χ3v) is 2.17. The van der Waals surface area contributed by atoms with Crippen molar-refractivity contribution in [1.29, 1.82) is 0 Å². The number of ketones is 1. The Morgan fingerprint density at radius 2 is 2.00 bits per heavy atom. The molecular formula is C11H11N3O. The molecule has 0 bridgehead atoms. The van der Waals surface area contributed by atoms with Gasteiger partial charge in [-0.05, 0) is 19.1 Å². The highest BCUT2D eigenvalue weighted by Crippen LogP contribution is 2.23. The van der Waals surface area contributed by atoms with Crippen LogP contribution in [-0.4, -0.2) is 22.8 Å². The highest BCUT2D eigenvalue weighted by atomic mass is 16.1. The molecule has 0 radical (unpaired) electrons. The molecule has 0 saturated carbocycles. The fourth-order valence-corrected chi connectivity index (χ4v) is 1.44. The zero-order chi connectivity index (χ0) is 10.8. The molecule has 4 heteroatoms. The Morgan fingerprint density at radius 3 is 2.67 bits per heavy atom. The number of hydrogen-bond donors (Lipinski definition) is 1. The van der Waals surface area contributed by atoms with E-state index in [0.29, 0.717) is 17.2 Å². The van der Waals surface area contributed by atoms with Crippen LogP contribution in [0.2, 0.25) is 0 Å². The van der Waals surface area contributed by atoms with Gasteiger partial charge in [0.2, 0.25) is 5.95 Å². The van der Waals surface area contributed by atoms with Gasteiger partial charge in [-0.15, -0.1) is 0 Å². The molecule has 1 aliphatic carbocycles. The van der Waals surface area contributed by atoms with E-state index in [0.717, 1.165) is 5.69 Å². The Balaban J connectivity index is 2.70. The summed E-state index contributed by atoms with van der Waals surface area (Å²) in [6.45, 7) is 1.53. The molecule has 76 valence electrons. The molecule has 2 rings (SSSR count). The highest BCUT2D eigenvalue weighted by Gasteiger charge is 2.15. The summed E-state index contributed by atoms with van der Waals surface area (Å²) in [6, 6.07) is 7.27. The third kappa shape index (κ3) is 1.66. The van der Waals surface area contributed by atoms with Gasteiger partial charge < -0.3 is 5.32 Å². The van der Waals surface area contributed by atoms with E-state index >= 15 is 0 Å². The Hall–Kier alpha value is -1.97. The average Bonchev–Trinajstić information content (AvgIpc) is 2.51. The minimum absolute atomic E-state index is 0.00115. The third-order valence-electron chi connectivity index (χ3n) is 2.17. The summed E-state index contributed by atoms with van der Waals surface area (Å²) < 4.78 is 0. The van der Waals surface area contributed by atoms with E-state index in [4.69, 9.17) is 0 Å². The van der Waals surface area contributed by atoms with Gasteiger partial charge in [0.05, 0.1) is 5.69 Å². The first-order chi connectivity index (χ1) is 7.22. The maximum Gasteiger partial charge on any atom is 0.223 e. The lowest BCUT2D eigenvalue weighted by atomic mass is 10.1. The summed E-state index contributed by atoms with van der Waals surface area (Å²) in [5, 5.41) is 2.86. The molecule has 1 aliphatic heterocycles. The quantitative estimate of drug-likeness (QED) is 0.753. The number of Topliss-reactive ketones (excluding diaryl/α,β-unsaturated/α-hetero) is 1. The van der Waals surface area contributed by atoms with Crippen molar-refractivity contribution in [2.24, 2.45) is 0 Å². The Bertz CT molecular complexity index is 481. The molecular weight excluding hydrogens is 190 g/mol. The van der Waals surface area contributed by atoms with Crippen LogP contribution >= 0.6 is 0 Å². The van der Waals surface area contributed by atoms with E-state index in [9.17, 15) is 4.79 Å². The fourth-order valence-electron chi connectivity index (χ4n) is 1.44. The zero-order valence-electron chi connectivity index (χ0n) is 8.61. The minimum atomic E-state index is -0.00115. The van der Waals surface area contributed by atoms with Crippen LogP contribution in [0.25, 0.3) is 11.4 Å². The topological polar surface area (TPSA) is 54.9 Å². The van der Waals surface area contributed by atoms with Crippen molar-refractivity contribution in [2.75, 3.05) is 12.4 Å². The maximum absolute atomic E-state index is 11.4. The highest BCUT2D eigenvalue weighted by molar-refractivity contribution is 5.99. The SMILES string of the molecule is CNc1nc2ccccc(C(C)=O)c-2n1. The first-order valence-electron chi connectivity index (χ1n) is 4.68. The van der Waals surface area contributed by atoms with Gasteiger partial charge in [0.25, 0.3) is 0 Å². The lowest BCUT2D eigenvalue weighted by Gasteiger charge is -1.94. The second kappa shape index (κ2) is 3.65. The Morgan fingerprint density at radius 1 is 1.27 bits per heavy atom. The van der Waals surface area contributed by atoms with Gasteiger partial charge in [-0.1, -0.05) is 12.1 Å². The molecule has 4 nitrogen and oxygen atoms in total. The maximum atomic E-state index is 11.4. The average molecular weight is 201 g/mol. The number of nitrogens with zero attached hydrogens (tertiary/aromatic N) is 2. The monoisotopic (exact) mass is 201 g/mol. The fraction of sp³-hybridized carbons (Fsp3) is 0.182. The van der Waals surface area contributed by atoms with Crippen LogP contribution in [0.4, 0.5) is 5.95 Å². The molecule has 0 aromatic heterocycles. The number of anilines is 1. The number of fused-ring (bicyclic) bond motifs is 1. The Kier molecular flexibility index (Phi) is 2.33. The van der Waals surface area contributed by atoms with Gasteiger partial charge in [0.1, 0.15) is 5.69 Å². The van der Waals surface area contributed by atoms with Gasteiger partial charge in [-0.25, -0.2) is 9.97 Å². The molecule has 15 heavy (non-hydrogen) atoms. The minimum Gasteiger partial charge on any atom is -0.357 e. The van der Waals surface area contributed by atoms with E-state index in [1.807, 2.05) is 18.2 Å². The molecule has 1 heterocycles. The van der Waals surface area contributed by atoms with Crippen molar-refractivity contribution in [3.63, 3.8) is 0 Å². The van der Waals surface area contributed by atoms with Gasteiger partial charge in [0, 0.05) is 12.6 Å². The van der Waals surface area contributed by atoms with Gasteiger partial charge >= 0.3 is 0 Å². The first-order valence-corrected chi connectivity index (χ1v) is 4.68. The summed E-state index contributed by atoms with van der Waals surface area (Å²) in [6.07, 6.45) is 0. The van der Waals surface area contributed by atoms with E-state index in [1.54, 1.807) is 13.1 Å². The standard InChI is InChI=1S/C11H11N3O/c1-7(15)8-5-3-4-6-9-10(8)14-11(12-2)13-9/h3-6H,1-2H3,(H,12,13,14). The second-order valence-corrected chi connectivity index (χ2v) is 3.22. The zero-order valence-corrected chi connectivity index (χ0v) is 8.61. The lowest BCUT2D eigenvalue weighted by Crippen LogP contribution is -1.94. The number of carbonyl (C=O) groups excluding carboxylic acids is 1. The molecule has 0 atom stereocenters. The number of hydrogen-bond acceptors (Lipinski definition) is 4. The van der Waals surface area contributed by atoms with Crippen LogP contribution in [-0.2, 0) is 0 Å². The van der Waals surface area contributed by atoms with E-state index in [-0.39, 0.29) is 5.78 Å². The molecule has 2 aliphatic rings. The van der Waals surface area contributed by atoms with E-state index < -0.39 is 0 Å². The number of aromatic nitrogens is 2. The van der Waals surface area contributed by atoms with E-state index in [1.165, 1.54) is 6.92 Å². The van der Waals surface area contributed by atoms with Crippen molar-refractivity contribution in [3.8, 4) is 11.4 Å². The smallest absolute Gasteiger partial charge is 0.223 e. The first kappa shape index (κ1) is 9.58. The summed E-state index contributed by atoms with van der Waals surface area (Å²) in [4.78, 5) is 19.9. The summed E-state index contributed by atoms with van der Waals surface area (Å²) >= 11 is 0. The van der Waals surface area contributed by atoms with Crippen LogP contribution in [0.15, 0.2) is 24.3 Å². The van der Waals surface area contributed by atoms with Crippen molar-refractivity contribution in [1.82, 2.24) is 9.97 Å². The van der Waals surface area contributed by atoms with Crippen LogP contribution < -0.4 is 5.32 Å². The van der Waals surface area contributed by atoms with Gasteiger partial charge in [-0.2, -0.15) is 0 Å². The lowest BCUT2D eigenvalue weighted by molar-refractivity contribution is 0.101. The number of rotatable bonds is 2. The summed E-state index contributed by atoms with van der Waals surface area (Å²) in [5.74, 6) is 0.539. The van der Waals surface area contributed by atoms with Gasteiger partial charge in [0.15, 0.2) is 5.78 Å². The van der Waals surface area contributed by atoms with Crippen molar-refractivity contribution >= 4 is 11.7 Å². The molecule has 1 N–H and O–H groups in total. The predicted octanol–water partition coefficient (Wildman–Crippen LogP) is 1.83. The Labute approximate surface area is 87.7 Å². The summed E-state index contributed by atoms with van der Waals surface area (Å²) in [5.41, 5.74) is 1.98. The van der Waals surface area contributed by atoms with Crippen LogP contribution in [0.5, 0.6) is 0 Å². The van der Waals surface area contributed by atoms with Crippen LogP contribution in [0.1, 0.15) is 17.3 Å². The normalized spacial score (nSPS) is 10.3. The number of nitrogens with one attached hydrogen (secondary N) is 1. The van der Waals surface area contributed by atoms with Crippen molar-refractivity contribution in [2.45, 2.75) is 6.92 Å². The van der Waals surface area contributed by atoms with Crippen LogP contribution in [0.3, 0.4) is 0 Å². The molecule has 0 unspecified atom stereocenters. The molecule has 0 amide bonds. The van der Waals surface area contributed by atoms with E-state index in [2.05, 4.69) is 15.3 Å². The van der Waals surface area contributed by atoms with Crippen LogP contribution in [0, 0.1) is 0 Å². The molecule has 0 fully saturated rings. The molecule has 0 aromatic rings. The predicted molar refractivity (Wildman–Crippen MR) is 58.2 cm³/mol. The van der Waals surface area contributed by atoms with Crippen molar-refractivity contribution in [3.05, 3.63) is 29.8 Å². The second-order valence-electron chi connectivity index (χ2n) is 3.22. The summed E-state index contributed by atoms with van der Waals surface area (Å²) in [7, 11) is 1.75. The number of imidazole rings is 1. The molecule has 0 aromatic carbocycles. The van der Waals surface area contributed by atoms with Gasteiger partial charge in [-0.3, -0.25) is 4.79 Å². The molecule has 0 spiro atoms. The number of carbonyl (C=O) groups is 1. The van der Waals surface area contributed by atoms with Crippen molar-refractivity contribution < 1.29 is 4.79 Å².